The van der Waals surface area contributed by atoms with E-state index < -0.39 is 4.75 Å². The highest BCUT2D eigenvalue weighted by Crippen LogP contribution is 2.44. The molecule has 24 heavy (non-hydrogen) atoms. The number of amides is 2. The fourth-order valence-corrected chi connectivity index (χ4v) is 4.00. The van der Waals surface area contributed by atoms with E-state index in [1.54, 1.807) is 29.7 Å². The quantitative estimate of drug-likeness (QED) is 0.863. The van der Waals surface area contributed by atoms with Crippen LogP contribution in [0.2, 0.25) is 0 Å². The molecular weight excluding hydrogens is 324 g/mol. The molecule has 2 aromatic rings. The predicted molar refractivity (Wildman–Crippen MR) is 93.9 cm³/mol. The molecular formula is C17H20N4O2S. The Bertz CT molecular complexity index is 817. The average Bonchev–Trinajstić information content (AvgIpc) is 2.89. The third-order valence-corrected chi connectivity index (χ3v) is 5.80. The number of carbonyl (C=O) groups is 2. The minimum Gasteiger partial charge on any atom is -0.350 e. The van der Waals surface area contributed by atoms with Crippen molar-refractivity contribution in [2.45, 2.75) is 30.0 Å². The first-order chi connectivity index (χ1) is 11.3. The van der Waals surface area contributed by atoms with Gasteiger partial charge in [-0.2, -0.15) is 5.10 Å². The van der Waals surface area contributed by atoms with Crippen LogP contribution in [0.5, 0.6) is 0 Å². The molecule has 0 fully saturated rings. The van der Waals surface area contributed by atoms with E-state index in [4.69, 9.17) is 0 Å². The molecule has 0 aliphatic carbocycles. The summed E-state index contributed by atoms with van der Waals surface area (Å²) in [5.41, 5.74) is 2.77. The van der Waals surface area contributed by atoms with Crippen molar-refractivity contribution in [1.82, 2.24) is 15.1 Å². The molecule has 0 saturated heterocycles. The van der Waals surface area contributed by atoms with Gasteiger partial charge in [-0.25, -0.2) is 0 Å². The minimum absolute atomic E-state index is 0.216. The molecule has 3 rings (SSSR count). The van der Waals surface area contributed by atoms with Crippen LogP contribution < -0.4 is 10.2 Å². The first-order valence-electron chi connectivity index (χ1n) is 7.66. The van der Waals surface area contributed by atoms with E-state index in [1.165, 1.54) is 11.8 Å². The molecule has 0 saturated carbocycles. The molecule has 1 atom stereocenters. The predicted octanol–water partition coefficient (Wildman–Crippen LogP) is 1.87. The Labute approximate surface area is 145 Å². The number of aromatic nitrogens is 2. The second kappa shape index (κ2) is 5.98. The summed E-state index contributed by atoms with van der Waals surface area (Å²) in [6.45, 7) is 3.98. The molecule has 126 valence electrons. The lowest BCUT2D eigenvalue weighted by molar-refractivity contribution is -0.131. The maximum absolute atomic E-state index is 12.8. The lowest BCUT2D eigenvalue weighted by atomic mass is 10.1. The van der Waals surface area contributed by atoms with E-state index in [1.807, 2.05) is 38.2 Å². The average molecular weight is 344 g/mol. The number of thioether (sulfide) groups is 1. The Morgan fingerprint density at radius 2 is 2.04 bits per heavy atom. The molecule has 0 unspecified atom stereocenters. The first kappa shape index (κ1) is 16.6. The van der Waals surface area contributed by atoms with Crippen molar-refractivity contribution < 1.29 is 9.59 Å². The summed E-state index contributed by atoms with van der Waals surface area (Å²) in [5.74, 6) is -0.506. The van der Waals surface area contributed by atoms with E-state index in [0.29, 0.717) is 6.54 Å². The van der Waals surface area contributed by atoms with Gasteiger partial charge in [-0.05, 0) is 26.0 Å². The topological polar surface area (TPSA) is 67.2 Å². The zero-order valence-electron chi connectivity index (χ0n) is 14.2. The molecule has 2 amide bonds. The first-order valence-corrected chi connectivity index (χ1v) is 8.48. The standard InChI is InChI=1S/C17H20N4O2S/c1-11-12(10-19-21(11)4)9-18-15(22)17(2)16(23)20(3)13-7-5-6-8-14(13)24-17/h5-8,10H,9H2,1-4H3,(H,18,22)/t17-/m1/s1. The number of anilines is 1. The number of carbonyl (C=O) groups excluding carboxylic acids is 2. The molecule has 1 aliphatic rings. The zero-order chi connectivity index (χ0) is 17.5. The summed E-state index contributed by atoms with van der Waals surface area (Å²) >= 11 is 1.30. The second-order valence-corrected chi connectivity index (χ2v) is 7.49. The number of para-hydroxylation sites is 1. The summed E-state index contributed by atoms with van der Waals surface area (Å²) in [5, 5.41) is 7.05. The summed E-state index contributed by atoms with van der Waals surface area (Å²) in [4.78, 5) is 28.0. The third kappa shape index (κ3) is 2.58. The van der Waals surface area contributed by atoms with Gasteiger partial charge in [0.25, 0.3) is 5.91 Å². The Kier molecular flexibility index (Phi) is 4.13. The van der Waals surface area contributed by atoms with E-state index in [0.717, 1.165) is 21.8 Å². The fourth-order valence-electron chi connectivity index (χ4n) is 2.72. The highest BCUT2D eigenvalue weighted by Gasteiger charge is 2.48. The molecule has 1 aromatic carbocycles. The number of nitrogens with zero attached hydrogens (tertiary/aromatic N) is 3. The molecule has 0 bridgehead atoms. The van der Waals surface area contributed by atoms with Crippen LogP contribution >= 0.6 is 11.8 Å². The highest BCUT2D eigenvalue weighted by atomic mass is 32.2. The van der Waals surface area contributed by atoms with E-state index in [-0.39, 0.29) is 11.8 Å². The van der Waals surface area contributed by atoms with Gasteiger partial charge in [0.1, 0.15) is 0 Å². The molecule has 0 spiro atoms. The lowest BCUT2D eigenvalue weighted by Gasteiger charge is -2.36. The van der Waals surface area contributed by atoms with Crippen molar-refractivity contribution in [2.24, 2.45) is 7.05 Å². The molecule has 1 aliphatic heterocycles. The van der Waals surface area contributed by atoms with Crippen molar-refractivity contribution in [3.05, 3.63) is 41.7 Å². The van der Waals surface area contributed by atoms with Crippen molar-refractivity contribution in [3.8, 4) is 0 Å². The smallest absolute Gasteiger partial charge is 0.252 e. The number of aryl methyl sites for hydroxylation is 1. The van der Waals surface area contributed by atoms with Gasteiger partial charge in [0.2, 0.25) is 5.91 Å². The third-order valence-electron chi connectivity index (χ3n) is 4.46. The molecule has 1 aromatic heterocycles. The van der Waals surface area contributed by atoms with Gasteiger partial charge in [-0.3, -0.25) is 14.3 Å². The van der Waals surface area contributed by atoms with Crippen LogP contribution in [0.4, 0.5) is 5.69 Å². The van der Waals surface area contributed by atoms with Gasteiger partial charge in [0.15, 0.2) is 4.75 Å². The molecule has 7 heteroatoms. The summed E-state index contributed by atoms with van der Waals surface area (Å²) in [7, 11) is 3.56. The Morgan fingerprint density at radius 1 is 1.33 bits per heavy atom. The fraction of sp³-hybridized carbons (Fsp3) is 0.353. The highest BCUT2D eigenvalue weighted by molar-refractivity contribution is 8.02. The van der Waals surface area contributed by atoms with Crippen LogP contribution in [0.1, 0.15) is 18.2 Å². The normalized spacial score (nSPS) is 20.0. The van der Waals surface area contributed by atoms with Crippen molar-refractivity contribution in [1.29, 1.82) is 0 Å². The number of nitrogens with one attached hydrogen (secondary N) is 1. The Morgan fingerprint density at radius 3 is 2.71 bits per heavy atom. The molecule has 6 nitrogen and oxygen atoms in total. The number of benzene rings is 1. The number of fused-ring (bicyclic) bond motifs is 1. The monoisotopic (exact) mass is 344 g/mol. The SMILES string of the molecule is Cc1c(CNC(=O)[C@@]2(C)Sc3ccccc3N(C)C2=O)cnn1C. The van der Waals surface area contributed by atoms with Gasteiger partial charge < -0.3 is 10.2 Å². The van der Waals surface area contributed by atoms with Crippen molar-refractivity contribution in [2.75, 3.05) is 11.9 Å². The van der Waals surface area contributed by atoms with Crippen LogP contribution in [0.3, 0.4) is 0 Å². The zero-order valence-corrected chi connectivity index (χ0v) is 15.0. The van der Waals surface area contributed by atoms with E-state index >= 15 is 0 Å². The number of rotatable bonds is 3. The van der Waals surface area contributed by atoms with Crippen LogP contribution in [0.25, 0.3) is 0 Å². The summed E-state index contributed by atoms with van der Waals surface area (Å²) in [6, 6.07) is 7.61. The van der Waals surface area contributed by atoms with Gasteiger partial charge in [0.05, 0.1) is 11.9 Å². The summed E-state index contributed by atoms with van der Waals surface area (Å²) < 4.78 is 0.576. The van der Waals surface area contributed by atoms with E-state index in [2.05, 4.69) is 10.4 Å². The maximum atomic E-state index is 12.8. The Balaban J connectivity index is 1.81. The minimum atomic E-state index is -1.18. The van der Waals surface area contributed by atoms with Gasteiger partial charge >= 0.3 is 0 Å². The largest absolute Gasteiger partial charge is 0.350 e. The van der Waals surface area contributed by atoms with Crippen molar-refractivity contribution >= 4 is 29.3 Å². The molecule has 1 N–H and O–H groups in total. The number of hydrogen-bond acceptors (Lipinski definition) is 4. The van der Waals surface area contributed by atoms with Gasteiger partial charge in [-0.1, -0.05) is 23.9 Å². The van der Waals surface area contributed by atoms with E-state index in [9.17, 15) is 9.59 Å². The molecule has 2 heterocycles. The number of hydrogen-bond donors (Lipinski definition) is 1. The van der Waals surface area contributed by atoms with Crippen molar-refractivity contribution in [3.63, 3.8) is 0 Å². The summed E-state index contributed by atoms with van der Waals surface area (Å²) in [6.07, 6.45) is 1.73. The van der Waals surface area contributed by atoms with Crippen LogP contribution in [0, 0.1) is 6.92 Å². The van der Waals surface area contributed by atoms with Gasteiger partial charge in [-0.15, -0.1) is 0 Å². The lowest BCUT2D eigenvalue weighted by Crippen LogP contribution is -2.55. The maximum Gasteiger partial charge on any atom is 0.252 e. The molecule has 0 radical (unpaired) electrons. The van der Waals surface area contributed by atoms with Crippen LogP contribution in [0.15, 0.2) is 35.4 Å². The second-order valence-electron chi connectivity index (χ2n) is 6.03. The Hall–Kier alpha value is -2.28. The van der Waals surface area contributed by atoms with Gasteiger partial charge in [0, 0.05) is 36.8 Å². The van der Waals surface area contributed by atoms with Crippen LogP contribution in [-0.4, -0.2) is 33.4 Å². The van der Waals surface area contributed by atoms with Crippen LogP contribution in [-0.2, 0) is 23.2 Å².